The molecule has 0 saturated heterocycles. The van der Waals surface area contributed by atoms with Gasteiger partial charge in [0.15, 0.2) is 12.4 Å². The molecule has 0 fully saturated rings. The molecule has 0 aromatic heterocycles. The predicted molar refractivity (Wildman–Crippen MR) is 93.8 cm³/mol. The Balaban J connectivity index is 2.42. The molecule has 0 bridgehead atoms. The molecule has 8 heteroatoms. The summed E-state index contributed by atoms with van der Waals surface area (Å²) in [6.07, 6.45) is 0. The second kappa shape index (κ2) is 7.74. The van der Waals surface area contributed by atoms with Gasteiger partial charge in [-0.2, -0.15) is 0 Å². The molecular weight excluding hydrogens is 369 g/mol. The Hall–Kier alpha value is -2.28. The lowest BCUT2D eigenvalue weighted by atomic mass is 9.98. The minimum Gasteiger partial charge on any atom is -0.507 e. The van der Waals surface area contributed by atoms with Gasteiger partial charge < -0.3 is 20.7 Å². The minimum atomic E-state index is -1.17. The van der Waals surface area contributed by atoms with Gasteiger partial charge in [0.1, 0.15) is 16.5 Å². The second-order valence-corrected chi connectivity index (χ2v) is 6.01. The summed E-state index contributed by atoms with van der Waals surface area (Å²) in [6, 6.07) is 5.79. The average Bonchev–Trinajstić information content (AvgIpc) is 2.57. The number of hydrogen-bond donors (Lipinski definition) is 3. The van der Waals surface area contributed by atoms with E-state index in [2.05, 4.69) is 0 Å². The Morgan fingerprint density at radius 1 is 1.20 bits per heavy atom. The van der Waals surface area contributed by atoms with Gasteiger partial charge in [-0.05, 0) is 36.8 Å². The van der Waals surface area contributed by atoms with Crippen molar-refractivity contribution >= 4 is 35.0 Å². The fourth-order valence-electron chi connectivity index (χ4n) is 2.25. The lowest BCUT2D eigenvalue weighted by Gasteiger charge is -2.12. The highest BCUT2D eigenvalue weighted by molar-refractivity contribution is 6.45. The normalized spacial score (nSPS) is 10.6. The van der Waals surface area contributed by atoms with E-state index in [0.29, 0.717) is 16.7 Å². The van der Waals surface area contributed by atoms with Crippen LogP contribution in [0.15, 0.2) is 24.3 Å². The van der Waals surface area contributed by atoms with Crippen LogP contribution < -0.4 is 10.5 Å². The van der Waals surface area contributed by atoms with Crippen molar-refractivity contribution in [3.05, 3.63) is 56.6 Å². The number of phenolic OH excluding ortho intramolecular Hbond substituents is 1. The molecule has 0 aliphatic carbocycles. The van der Waals surface area contributed by atoms with Crippen molar-refractivity contribution in [3.63, 3.8) is 0 Å². The summed E-state index contributed by atoms with van der Waals surface area (Å²) >= 11 is 12.2. The third-order valence-electron chi connectivity index (χ3n) is 3.50. The Kier molecular flexibility index (Phi) is 5.89. The number of phenols is 1. The van der Waals surface area contributed by atoms with Crippen LogP contribution in [-0.2, 0) is 11.3 Å². The fourth-order valence-corrected chi connectivity index (χ4v) is 2.71. The van der Waals surface area contributed by atoms with Crippen LogP contribution in [0.2, 0.25) is 10.0 Å². The molecule has 0 saturated carbocycles. The van der Waals surface area contributed by atoms with Crippen molar-refractivity contribution in [2.24, 2.45) is 5.73 Å². The molecule has 2 aromatic rings. The van der Waals surface area contributed by atoms with Gasteiger partial charge in [0.2, 0.25) is 0 Å². The van der Waals surface area contributed by atoms with E-state index < -0.39 is 18.4 Å². The SMILES string of the molecule is Cc1cc(C(=O)c2ccc(OCC(=O)O)c(Cl)c2Cl)cc(CN)c1O. The van der Waals surface area contributed by atoms with Crippen molar-refractivity contribution in [3.8, 4) is 11.5 Å². The number of benzene rings is 2. The number of hydrogen-bond acceptors (Lipinski definition) is 5. The molecule has 0 spiro atoms. The quantitative estimate of drug-likeness (QED) is 0.660. The predicted octanol–water partition coefficient (Wildman–Crippen LogP) is 3.16. The topological polar surface area (TPSA) is 110 Å². The summed E-state index contributed by atoms with van der Waals surface area (Å²) in [5.74, 6) is -1.47. The number of aromatic hydroxyl groups is 1. The van der Waals surface area contributed by atoms with E-state index in [4.69, 9.17) is 38.8 Å². The first-order chi connectivity index (χ1) is 11.8. The molecule has 0 atom stereocenters. The minimum absolute atomic E-state index is 0.0422. The largest absolute Gasteiger partial charge is 0.507 e. The summed E-state index contributed by atoms with van der Waals surface area (Å²) in [5.41, 5.74) is 6.95. The summed E-state index contributed by atoms with van der Waals surface area (Å²) in [7, 11) is 0. The number of carbonyl (C=O) groups excluding carboxylic acids is 1. The van der Waals surface area contributed by atoms with E-state index in [1.165, 1.54) is 24.3 Å². The number of nitrogens with two attached hydrogens (primary N) is 1. The Labute approximate surface area is 153 Å². The number of carbonyl (C=O) groups is 2. The Morgan fingerprint density at radius 3 is 2.48 bits per heavy atom. The van der Waals surface area contributed by atoms with Crippen molar-refractivity contribution in [1.82, 2.24) is 0 Å². The van der Waals surface area contributed by atoms with Crippen LogP contribution in [0, 0.1) is 6.92 Å². The van der Waals surface area contributed by atoms with Crippen molar-refractivity contribution in [2.45, 2.75) is 13.5 Å². The molecule has 2 rings (SSSR count). The summed E-state index contributed by atoms with van der Waals surface area (Å²) in [6.45, 7) is 1.15. The molecule has 0 heterocycles. The van der Waals surface area contributed by atoms with Crippen LogP contribution in [0.3, 0.4) is 0 Å². The molecule has 6 nitrogen and oxygen atoms in total. The smallest absolute Gasteiger partial charge is 0.341 e. The van der Waals surface area contributed by atoms with E-state index in [9.17, 15) is 14.7 Å². The third kappa shape index (κ3) is 4.04. The van der Waals surface area contributed by atoms with Gasteiger partial charge >= 0.3 is 5.97 Å². The zero-order valence-electron chi connectivity index (χ0n) is 13.2. The molecule has 0 unspecified atom stereocenters. The number of aliphatic carboxylic acids is 1. The highest BCUT2D eigenvalue weighted by atomic mass is 35.5. The molecular formula is C17H15Cl2NO5. The maximum Gasteiger partial charge on any atom is 0.341 e. The molecule has 0 aliphatic rings. The third-order valence-corrected chi connectivity index (χ3v) is 4.37. The first-order valence-corrected chi connectivity index (χ1v) is 7.91. The van der Waals surface area contributed by atoms with Crippen molar-refractivity contribution < 1.29 is 24.5 Å². The Bertz CT molecular complexity index is 851. The van der Waals surface area contributed by atoms with Crippen LogP contribution in [-0.4, -0.2) is 28.6 Å². The second-order valence-electron chi connectivity index (χ2n) is 5.26. The van der Waals surface area contributed by atoms with E-state index in [0.717, 1.165) is 0 Å². The summed E-state index contributed by atoms with van der Waals surface area (Å²) < 4.78 is 5.01. The van der Waals surface area contributed by atoms with E-state index in [-0.39, 0.29) is 33.7 Å². The zero-order valence-corrected chi connectivity index (χ0v) is 14.7. The molecule has 0 radical (unpaired) electrons. The van der Waals surface area contributed by atoms with Gasteiger partial charge in [0, 0.05) is 23.2 Å². The van der Waals surface area contributed by atoms with E-state index in [1.54, 1.807) is 6.92 Å². The molecule has 0 aliphatic heterocycles. The number of rotatable bonds is 6. The highest BCUT2D eigenvalue weighted by Crippen LogP contribution is 2.36. The van der Waals surface area contributed by atoms with E-state index in [1.807, 2.05) is 0 Å². The highest BCUT2D eigenvalue weighted by Gasteiger charge is 2.20. The fraction of sp³-hybridized carbons (Fsp3) is 0.176. The number of aryl methyl sites for hydroxylation is 1. The number of halogens is 2. The first-order valence-electron chi connectivity index (χ1n) is 7.16. The number of ketones is 1. The van der Waals surface area contributed by atoms with Gasteiger partial charge in [0.25, 0.3) is 0 Å². The lowest BCUT2D eigenvalue weighted by Crippen LogP contribution is -2.10. The molecule has 132 valence electrons. The standard InChI is InChI=1S/C17H15Cl2NO5/c1-8-4-9(5-10(6-20)16(8)23)17(24)11-2-3-12(15(19)14(11)18)25-7-13(21)22/h2-5,23H,6-7,20H2,1H3,(H,21,22). The average molecular weight is 384 g/mol. The number of carboxylic acid groups (broad SMARTS) is 1. The number of carboxylic acids is 1. The van der Waals surface area contributed by atoms with Gasteiger partial charge in [-0.1, -0.05) is 23.2 Å². The van der Waals surface area contributed by atoms with Crippen LogP contribution in [0.1, 0.15) is 27.0 Å². The van der Waals surface area contributed by atoms with Crippen molar-refractivity contribution in [2.75, 3.05) is 6.61 Å². The zero-order chi connectivity index (χ0) is 18.7. The summed E-state index contributed by atoms with van der Waals surface area (Å²) in [5, 5.41) is 18.4. The molecule has 2 aromatic carbocycles. The first kappa shape index (κ1) is 19.1. The maximum atomic E-state index is 12.7. The number of ether oxygens (including phenoxy) is 1. The van der Waals surface area contributed by atoms with Crippen LogP contribution in [0.5, 0.6) is 11.5 Å². The molecule has 25 heavy (non-hydrogen) atoms. The van der Waals surface area contributed by atoms with Crippen molar-refractivity contribution in [1.29, 1.82) is 0 Å². The van der Waals surface area contributed by atoms with Gasteiger partial charge in [-0.3, -0.25) is 4.79 Å². The van der Waals surface area contributed by atoms with Gasteiger partial charge in [-0.25, -0.2) is 4.79 Å². The summed E-state index contributed by atoms with van der Waals surface area (Å²) in [4.78, 5) is 23.3. The van der Waals surface area contributed by atoms with Crippen LogP contribution in [0.25, 0.3) is 0 Å². The lowest BCUT2D eigenvalue weighted by molar-refractivity contribution is -0.139. The Morgan fingerprint density at radius 2 is 1.88 bits per heavy atom. The van der Waals surface area contributed by atoms with Gasteiger partial charge in [0.05, 0.1) is 5.02 Å². The van der Waals surface area contributed by atoms with Crippen LogP contribution in [0.4, 0.5) is 0 Å². The van der Waals surface area contributed by atoms with E-state index >= 15 is 0 Å². The van der Waals surface area contributed by atoms with Crippen LogP contribution >= 0.6 is 23.2 Å². The molecule has 4 N–H and O–H groups in total. The maximum absolute atomic E-state index is 12.7. The van der Waals surface area contributed by atoms with Gasteiger partial charge in [-0.15, -0.1) is 0 Å². The molecule has 0 amide bonds. The monoisotopic (exact) mass is 383 g/mol.